The highest BCUT2D eigenvalue weighted by Gasteiger charge is 2.23. The van der Waals surface area contributed by atoms with Crippen LogP contribution in [-0.2, 0) is 4.74 Å². The van der Waals surface area contributed by atoms with E-state index < -0.39 is 0 Å². The summed E-state index contributed by atoms with van der Waals surface area (Å²) in [5.41, 5.74) is 7.78. The number of morpholine rings is 1. The summed E-state index contributed by atoms with van der Waals surface area (Å²) >= 11 is 6.23. The second kappa shape index (κ2) is 5.89. The number of nitrogens with two attached hydrogens (primary N) is 1. The van der Waals surface area contributed by atoms with Crippen molar-refractivity contribution in [1.82, 2.24) is 0 Å². The largest absolute Gasteiger partial charge is 0.394 e. The molecule has 5 heteroatoms. The highest BCUT2D eigenvalue weighted by atomic mass is 35.5. The molecule has 1 fully saturated rings. The van der Waals surface area contributed by atoms with Crippen LogP contribution >= 0.6 is 11.6 Å². The SMILES string of the molecule is CC(N)c1ccc(N2CCOCC2CO)cc1Cl. The van der Waals surface area contributed by atoms with Crippen molar-refractivity contribution in [3.05, 3.63) is 28.8 Å². The van der Waals surface area contributed by atoms with Crippen LogP contribution in [0.25, 0.3) is 0 Å². The number of nitrogens with zero attached hydrogens (tertiary/aromatic N) is 1. The quantitative estimate of drug-likeness (QED) is 0.875. The van der Waals surface area contributed by atoms with Crippen LogP contribution in [0.1, 0.15) is 18.5 Å². The van der Waals surface area contributed by atoms with Crippen molar-refractivity contribution in [3.63, 3.8) is 0 Å². The van der Waals surface area contributed by atoms with Crippen LogP contribution in [0.5, 0.6) is 0 Å². The molecule has 1 heterocycles. The topological polar surface area (TPSA) is 58.7 Å². The Bertz CT molecular complexity index is 412. The molecule has 0 radical (unpaired) electrons. The number of rotatable bonds is 3. The Morgan fingerprint density at radius 3 is 3.00 bits per heavy atom. The fourth-order valence-electron chi connectivity index (χ4n) is 2.21. The molecule has 2 unspecified atom stereocenters. The third kappa shape index (κ3) is 2.78. The van der Waals surface area contributed by atoms with Gasteiger partial charge in [0.2, 0.25) is 0 Å². The highest BCUT2D eigenvalue weighted by Crippen LogP contribution is 2.28. The molecular formula is C13H19ClN2O2. The fourth-order valence-corrected chi connectivity index (χ4v) is 2.56. The first-order chi connectivity index (χ1) is 8.63. The standard InChI is InChI=1S/C13H19ClN2O2/c1-9(15)12-3-2-10(6-13(12)14)16-4-5-18-8-11(16)7-17/h2-3,6,9,11,17H,4-5,7-8,15H2,1H3. The number of hydrogen-bond donors (Lipinski definition) is 2. The van der Waals surface area contributed by atoms with Gasteiger partial charge in [0, 0.05) is 23.3 Å². The summed E-state index contributed by atoms with van der Waals surface area (Å²) in [6.45, 7) is 3.96. The molecule has 2 rings (SSSR count). The van der Waals surface area contributed by atoms with Gasteiger partial charge in [0.05, 0.1) is 25.9 Å². The van der Waals surface area contributed by atoms with Gasteiger partial charge in [-0.05, 0) is 24.6 Å². The van der Waals surface area contributed by atoms with Gasteiger partial charge in [-0.3, -0.25) is 0 Å². The number of halogens is 1. The first-order valence-corrected chi connectivity index (χ1v) is 6.51. The lowest BCUT2D eigenvalue weighted by Crippen LogP contribution is -2.47. The van der Waals surface area contributed by atoms with Gasteiger partial charge in [0.1, 0.15) is 0 Å². The molecule has 0 saturated carbocycles. The Morgan fingerprint density at radius 2 is 2.39 bits per heavy atom. The molecule has 0 aromatic heterocycles. The van der Waals surface area contributed by atoms with Crippen LogP contribution in [0.3, 0.4) is 0 Å². The van der Waals surface area contributed by atoms with E-state index in [4.69, 9.17) is 22.1 Å². The van der Waals surface area contributed by atoms with E-state index in [2.05, 4.69) is 4.90 Å². The lowest BCUT2D eigenvalue weighted by molar-refractivity contribution is 0.0727. The predicted octanol–water partition coefficient (Wildman–Crippen LogP) is 1.56. The Balaban J connectivity index is 2.24. The average Bonchev–Trinajstić information content (AvgIpc) is 2.38. The molecule has 1 aromatic carbocycles. The average molecular weight is 271 g/mol. The number of benzene rings is 1. The lowest BCUT2D eigenvalue weighted by Gasteiger charge is -2.36. The summed E-state index contributed by atoms with van der Waals surface area (Å²) in [5, 5.41) is 10.0. The van der Waals surface area contributed by atoms with Crippen molar-refractivity contribution in [1.29, 1.82) is 0 Å². The van der Waals surface area contributed by atoms with E-state index >= 15 is 0 Å². The Kier molecular flexibility index (Phi) is 4.45. The van der Waals surface area contributed by atoms with Gasteiger partial charge in [-0.1, -0.05) is 17.7 Å². The van der Waals surface area contributed by atoms with E-state index in [9.17, 15) is 5.11 Å². The lowest BCUT2D eigenvalue weighted by atomic mass is 10.1. The minimum absolute atomic E-state index is 0.00373. The second-order valence-corrected chi connectivity index (χ2v) is 5.01. The Morgan fingerprint density at radius 1 is 1.61 bits per heavy atom. The normalized spacial score (nSPS) is 22.0. The first-order valence-electron chi connectivity index (χ1n) is 6.13. The Labute approximate surface area is 112 Å². The molecule has 3 N–H and O–H groups in total. The molecule has 1 aromatic rings. The molecule has 2 atom stereocenters. The van der Waals surface area contributed by atoms with E-state index in [1.807, 2.05) is 25.1 Å². The summed E-state index contributed by atoms with van der Waals surface area (Å²) in [6, 6.07) is 5.78. The van der Waals surface area contributed by atoms with E-state index in [0.29, 0.717) is 18.2 Å². The molecule has 18 heavy (non-hydrogen) atoms. The maximum Gasteiger partial charge on any atom is 0.0755 e. The van der Waals surface area contributed by atoms with Crippen LogP contribution in [0.2, 0.25) is 5.02 Å². The smallest absolute Gasteiger partial charge is 0.0755 e. The van der Waals surface area contributed by atoms with Crippen molar-refractivity contribution in [2.45, 2.75) is 19.0 Å². The molecule has 0 amide bonds. The zero-order chi connectivity index (χ0) is 13.1. The number of aliphatic hydroxyl groups excluding tert-OH is 1. The first kappa shape index (κ1) is 13.6. The molecule has 1 aliphatic heterocycles. The monoisotopic (exact) mass is 270 g/mol. The summed E-state index contributed by atoms with van der Waals surface area (Å²) in [7, 11) is 0. The number of aliphatic hydroxyl groups is 1. The zero-order valence-electron chi connectivity index (χ0n) is 10.5. The minimum atomic E-state index is -0.0788. The molecular weight excluding hydrogens is 252 g/mol. The fraction of sp³-hybridized carbons (Fsp3) is 0.538. The van der Waals surface area contributed by atoms with Crippen LogP contribution < -0.4 is 10.6 Å². The van der Waals surface area contributed by atoms with Crippen molar-refractivity contribution in [2.24, 2.45) is 5.73 Å². The van der Waals surface area contributed by atoms with Gasteiger partial charge in [-0.25, -0.2) is 0 Å². The van der Waals surface area contributed by atoms with Crippen molar-refractivity contribution < 1.29 is 9.84 Å². The summed E-state index contributed by atoms with van der Waals surface area (Å²) < 4.78 is 5.36. The third-order valence-corrected chi connectivity index (χ3v) is 3.57. The molecule has 4 nitrogen and oxygen atoms in total. The molecule has 100 valence electrons. The van der Waals surface area contributed by atoms with E-state index in [1.54, 1.807) is 0 Å². The van der Waals surface area contributed by atoms with E-state index in [1.165, 1.54) is 0 Å². The van der Waals surface area contributed by atoms with Crippen molar-refractivity contribution >= 4 is 17.3 Å². The number of hydrogen-bond acceptors (Lipinski definition) is 4. The van der Waals surface area contributed by atoms with Crippen LogP contribution in [0.15, 0.2) is 18.2 Å². The van der Waals surface area contributed by atoms with E-state index in [0.717, 1.165) is 17.8 Å². The Hall–Kier alpha value is -0.810. The second-order valence-electron chi connectivity index (χ2n) is 4.60. The van der Waals surface area contributed by atoms with Gasteiger partial charge in [-0.2, -0.15) is 0 Å². The van der Waals surface area contributed by atoms with Gasteiger partial charge in [0.15, 0.2) is 0 Å². The summed E-state index contributed by atoms with van der Waals surface area (Å²) in [5.74, 6) is 0. The van der Waals surface area contributed by atoms with Crippen molar-refractivity contribution in [2.75, 3.05) is 31.3 Å². The van der Waals surface area contributed by atoms with Gasteiger partial charge in [0.25, 0.3) is 0 Å². The molecule has 0 aliphatic carbocycles. The molecule has 0 spiro atoms. The van der Waals surface area contributed by atoms with E-state index in [-0.39, 0.29) is 18.7 Å². The van der Waals surface area contributed by atoms with Crippen LogP contribution in [0.4, 0.5) is 5.69 Å². The highest BCUT2D eigenvalue weighted by molar-refractivity contribution is 6.31. The number of ether oxygens (including phenoxy) is 1. The maximum absolute atomic E-state index is 9.36. The summed E-state index contributed by atoms with van der Waals surface area (Å²) in [6.07, 6.45) is 0. The molecule has 1 aliphatic rings. The zero-order valence-corrected chi connectivity index (χ0v) is 11.2. The van der Waals surface area contributed by atoms with Crippen molar-refractivity contribution in [3.8, 4) is 0 Å². The summed E-state index contributed by atoms with van der Waals surface area (Å²) in [4.78, 5) is 2.13. The van der Waals surface area contributed by atoms with Crippen LogP contribution in [-0.4, -0.2) is 37.5 Å². The minimum Gasteiger partial charge on any atom is -0.394 e. The van der Waals surface area contributed by atoms with Crippen LogP contribution in [0, 0.1) is 0 Å². The number of anilines is 1. The predicted molar refractivity (Wildman–Crippen MR) is 73.1 cm³/mol. The maximum atomic E-state index is 9.36. The molecule has 0 bridgehead atoms. The molecule has 1 saturated heterocycles. The van der Waals surface area contributed by atoms with Gasteiger partial charge < -0.3 is 20.5 Å². The third-order valence-electron chi connectivity index (χ3n) is 3.24. The van der Waals surface area contributed by atoms with Gasteiger partial charge in [-0.15, -0.1) is 0 Å². The van der Waals surface area contributed by atoms with Gasteiger partial charge >= 0.3 is 0 Å².